The van der Waals surface area contributed by atoms with Crippen LogP contribution in [0.5, 0.6) is 0 Å². The van der Waals surface area contributed by atoms with Crippen LogP contribution >= 0.6 is 23.1 Å². The van der Waals surface area contributed by atoms with Crippen LogP contribution in [0.4, 0.5) is 5.69 Å². The molecule has 0 spiro atoms. The van der Waals surface area contributed by atoms with Gasteiger partial charge in [-0.05, 0) is 52.3 Å². The number of carbonyl (C=O) groups excluding carboxylic acids is 1. The van der Waals surface area contributed by atoms with Gasteiger partial charge >= 0.3 is 0 Å². The Labute approximate surface area is 183 Å². The molecular weight excluding hydrogens is 414 g/mol. The van der Waals surface area contributed by atoms with Gasteiger partial charge in [0.05, 0.1) is 28.5 Å². The number of anilines is 1. The number of thioether (sulfide) groups is 1. The molecule has 0 bridgehead atoms. The molecule has 30 heavy (non-hydrogen) atoms. The zero-order valence-corrected chi connectivity index (χ0v) is 19.2. The van der Waals surface area contributed by atoms with Gasteiger partial charge in [-0.1, -0.05) is 29.5 Å². The fourth-order valence-electron chi connectivity index (χ4n) is 3.33. The SMILES string of the molecule is Cc1ccc(-n2nc(C)c(NC(=O)CSc3ncnc4sc(C)c(C)c34)c2C)cc1. The van der Waals surface area contributed by atoms with Gasteiger partial charge in [0.1, 0.15) is 16.2 Å². The number of rotatable bonds is 5. The molecule has 0 aliphatic heterocycles. The third-order valence-electron chi connectivity index (χ3n) is 5.10. The van der Waals surface area contributed by atoms with Crippen molar-refractivity contribution in [1.29, 1.82) is 0 Å². The van der Waals surface area contributed by atoms with E-state index in [0.717, 1.165) is 38.0 Å². The summed E-state index contributed by atoms with van der Waals surface area (Å²) in [6.07, 6.45) is 1.57. The fraction of sp³-hybridized carbons (Fsp3) is 0.273. The van der Waals surface area contributed by atoms with Crippen molar-refractivity contribution in [3.63, 3.8) is 0 Å². The number of aryl methyl sites for hydroxylation is 4. The summed E-state index contributed by atoms with van der Waals surface area (Å²) in [5.41, 5.74) is 5.81. The Balaban J connectivity index is 1.51. The smallest absolute Gasteiger partial charge is 0.234 e. The molecule has 0 saturated carbocycles. The van der Waals surface area contributed by atoms with Crippen LogP contribution in [0.25, 0.3) is 15.9 Å². The quantitative estimate of drug-likeness (QED) is 0.345. The average Bonchev–Trinajstić information content (AvgIpc) is 3.17. The standard InChI is InChI=1S/C22H23N5OS2/c1-12-6-8-17(9-7-12)27-15(4)20(14(3)26-27)25-18(28)10-29-21-19-13(2)16(5)30-22(19)24-11-23-21/h6-9,11H,10H2,1-5H3,(H,25,28). The van der Waals surface area contributed by atoms with E-state index in [4.69, 9.17) is 0 Å². The summed E-state index contributed by atoms with van der Waals surface area (Å²) in [5, 5.41) is 9.55. The second-order valence-electron chi connectivity index (χ2n) is 7.27. The van der Waals surface area contributed by atoms with Gasteiger partial charge in [-0.2, -0.15) is 5.10 Å². The summed E-state index contributed by atoms with van der Waals surface area (Å²) < 4.78 is 1.86. The Kier molecular flexibility index (Phi) is 5.62. The molecule has 0 saturated heterocycles. The van der Waals surface area contributed by atoms with Crippen molar-refractivity contribution >= 4 is 44.9 Å². The van der Waals surface area contributed by atoms with E-state index in [0.29, 0.717) is 0 Å². The number of fused-ring (bicyclic) bond motifs is 1. The largest absolute Gasteiger partial charge is 0.322 e. The lowest BCUT2D eigenvalue weighted by Crippen LogP contribution is -2.15. The lowest BCUT2D eigenvalue weighted by atomic mass is 10.2. The first kappa shape index (κ1) is 20.6. The van der Waals surface area contributed by atoms with E-state index >= 15 is 0 Å². The molecule has 4 aromatic rings. The van der Waals surface area contributed by atoms with Crippen molar-refractivity contribution in [1.82, 2.24) is 19.7 Å². The molecule has 0 unspecified atom stereocenters. The molecule has 0 aliphatic rings. The summed E-state index contributed by atoms with van der Waals surface area (Å²) in [5.74, 6) is 0.195. The van der Waals surface area contributed by atoms with Gasteiger partial charge in [0.2, 0.25) is 5.91 Å². The Hall–Kier alpha value is -2.71. The van der Waals surface area contributed by atoms with E-state index in [1.807, 2.05) is 30.7 Å². The number of nitrogens with zero attached hydrogens (tertiary/aromatic N) is 4. The Morgan fingerprint density at radius 2 is 1.83 bits per heavy atom. The second kappa shape index (κ2) is 8.20. The predicted molar refractivity (Wildman–Crippen MR) is 124 cm³/mol. The number of nitrogens with one attached hydrogen (secondary N) is 1. The molecule has 4 rings (SSSR count). The molecule has 6 nitrogen and oxygen atoms in total. The first-order chi connectivity index (χ1) is 14.3. The first-order valence-corrected chi connectivity index (χ1v) is 11.4. The fourth-order valence-corrected chi connectivity index (χ4v) is 5.25. The number of aromatic nitrogens is 4. The van der Waals surface area contributed by atoms with Crippen LogP contribution in [0.15, 0.2) is 35.6 Å². The average molecular weight is 438 g/mol. The van der Waals surface area contributed by atoms with E-state index in [1.165, 1.54) is 27.8 Å². The van der Waals surface area contributed by atoms with Crippen LogP contribution in [-0.4, -0.2) is 31.4 Å². The van der Waals surface area contributed by atoms with Crippen LogP contribution in [0, 0.1) is 34.6 Å². The number of hydrogen-bond acceptors (Lipinski definition) is 6. The van der Waals surface area contributed by atoms with Gasteiger partial charge in [0.25, 0.3) is 0 Å². The van der Waals surface area contributed by atoms with Crippen LogP contribution < -0.4 is 5.32 Å². The zero-order chi connectivity index (χ0) is 21.4. The molecule has 8 heteroatoms. The van der Waals surface area contributed by atoms with Crippen LogP contribution in [-0.2, 0) is 4.79 Å². The van der Waals surface area contributed by atoms with Gasteiger partial charge in [-0.3, -0.25) is 4.79 Å². The summed E-state index contributed by atoms with van der Waals surface area (Å²) in [7, 11) is 0. The minimum atomic E-state index is -0.0778. The highest BCUT2D eigenvalue weighted by molar-refractivity contribution is 8.00. The second-order valence-corrected chi connectivity index (χ2v) is 9.44. The monoisotopic (exact) mass is 437 g/mol. The molecule has 3 aromatic heterocycles. The Bertz CT molecular complexity index is 1240. The molecule has 0 atom stereocenters. The van der Waals surface area contributed by atoms with Gasteiger partial charge in [-0.15, -0.1) is 11.3 Å². The molecule has 1 aromatic carbocycles. The van der Waals surface area contributed by atoms with Gasteiger partial charge in [0.15, 0.2) is 0 Å². The molecule has 0 radical (unpaired) electrons. The summed E-state index contributed by atoms with van der Waals surface area (Å²) in [6.45, 7) is 10.1. The van der Waals surface area contributed by atoms with Crippen molar-refractivity contribution in [3.8, 4) is 5.69 Å². The Morgan fingerprint density at radius 1 is 1.10 bits per heavy atom. The lowest BCUT2D eigenvalue weighted by molar-refractivity contribution is -0.113. The molecule has 0 aliphatic carbocycles. The highest BCUT2D eigenvalue weighted by Gasteiger charge is 2.17. The molecule has 3 heterocycles. The summed E-state index contributed by atoms with van der Waals surface area (Å²) in [4.78, 5) is 23.7. The third-order valence-corrected chi connectivity index (χ3v) is 7.21. The normalized spacial score (nSPS) is 11.2. The van der Waals surface area contributed by atoms with E-state index in [2.05, 4.69) is 53.3 Å². The molecule has 0 fully saturated rings. The maximum atomic E-state index is 12.7. The summed E-state index contributed by atoms with van der Waals surface area (Å²) >= 11 is 3.10. The number of benzene rings is 1. The van der Waals surface area contributed by atoms with E-state index in [1.54, 1.807) is 17.7 Å². The summed E-state index contributed by atoms with van der Waals surface area (Å²) in [6, 6.07) is 8.16. The van der Waals surface area contributed by atoms with Crippen molar-refractivity contribution < 1.29 is 4.79 Å². The number of thiophene rings is 1. The maximum Gasteiger partial charge on any atom is 0.234 e. The molecule has 154 valence electrons. The number of hydrogen-bond donors (Lipinski definition) is 1. The number of amides is 1. The van der Waals surface area contributed by atoms with E-state index in [-0.39, 0.29) is 11.7 Å². The Morgan fingerprint density at radius 3 is 2.57 bits per heavy atom. The zero-order valence-electron chi connectivity index (χ0n) is 17.6. The van der Waals surface area contributed by atoms with Crippen LogP contribution in [0.1, 0.15) is 27.4 Å². The van der Waals surface area contributed by atoms with Crippen molar-refractivity contribution in [2.45, 2.75) is 39.6 Å². The van der Waals surface area contributed by atoms with Gasteiger partial charge in [0, 0.05) is 10.3 Å². The lowest BCUT2D eigenvalue weighted by Gasteiger charge is -2.08. The minimum absolute atomic E-state index is 0.0778. The predicted octanol–water partition coefficient (Wildman–Crippen LogP) is 5.15. The molecule has 1 amide bonds. The van der Waals surface area contributed by atoms with Crippen molar-refractivity contribution in [2.75, 3.05) is 11.1 Å². The van der Waals surface area contributed by atoms with Crippen molar-refractivity contribution in [3.05, 3.63) is 58.0 Å². The molecule has 1 N–H and O–H groups in total. The maximum absolute atomic E-state index is 12.7. The molecular formula is C22H23N5OS2. The van der Waals surface area contributed by atoms with E-state index < -0.39 is 0 Å². The van der Waals surface area contributed by atoms with Gasteiger partial charge in [-0.25, -0.2) is 14.6 Å². The minimum Gasteiger partial charge on any atom is -0.322 e. The van der Waals surface area contributed by atoms with E-state index in [9.17, 15) is 4.79 Å². The first-order valence-electron chi connectivity index (χ1n) is 9.61. The highest BCUT2D eigenvalue weighted by Crippen LogP contribution is 2.34. The van der Waals surface area contributed by atoms with Crippen molar-refractivity contribution in [2.24, 2.45) is 0 Å². The van der Waals surface area contributed by atoms with Crippen LogP contribution in [0.3, 0.4) is 0 Å². The highest BCUT2D eigenvalue weighted by atomic mass is 32.2. The topological polar surface area (TPSA) is 72.7 Å². The third kappa shape index (κ3) is 3.85. The van der Waals surface area contributed by atoms with Crippen LogP contribution in [0.2, 0.25) is 0 Å². The van der Waals surface area contributed by atoms with Gasteiger partial charge < -0.3 is 5.32 Å². The number of carbonyl (C=O) groups is 1.